The van der Waals surface area contributed by atoms with Crippen LogP contribution in [-0.2, 0) is 7.05 Å². The van der Waals surface area contributed by atoms with Gasteiger partial charge >= 0.3 is 0 Å². The van der Waals surface area contributed by atoms with E-state index in [4.69, 9.17) is 0 Å². The molecular formula is C32H36N+. The normalized spacial score (nSPS) is 14.8. The van der Waals surface area contributed by atoms with Crippen LogP contribution in [0.3, 0.4) is 0 Å². The zero-order valence-corrected chi connectivity index (χ0v) is 20.6. The summed E-state index contributed by atoms with van der Waals surface area (Å²) in [5.74, 6) is 1.21. The topological polar surface area (TPSA) is 3.88 Å². The summed E-state index contributed by atoms with van der Waals surface area (Å²) < 4.78 is 2.29. The minimum absolute atomic E-state index is 0.460. The number of fused-ring (bicyclic) bond motifs is 1. The van der Waals surface area contributed by atoms with E-state index in [1.807, 2.05) is 0 Å². The summed E-state index contributed by atoms with van der Waals surface area (Å²) in [5.41, 5.74) is 9.46. The Labute approximate surface area is 199 Å². The molecule has 0 radical (unpaired) electrons. The molecule has 0 aliphatic heterocycles. The molecule has 5 rings (SSSR count). The Bertz CT molecular complexity index is 1290. The predicted molar refractivity (Wildman–Crippen MR) is 141 cm³/mol. The van der Waals surface area contributed by atoms with Crippen LogP contribution >= 0.6 is 0 Å². The molecule has 1 nitrogen and oxygen atoms in total. The van der Waals surface area contributed by atoms with Crippen LogP contribution in [-0.4, -0.2) is 0 Å². The molecule has 0 atom stereocenters. The first-order chi connectivity index (χ1) is 16.0. The first-order valence-electron chi connectivity index (χ1n) is 12.6. The van der Waals surface area contributed by atoms with Crippen LogP contribution < -0.4 is 4.57 Å². The lowest BCUT2D eigenvalue weighted by molar-refractivity contribution is -0.660. The highest BCUT2D eigenvalue weighted by molar-refractivity contribution is 5.89. The van der Waals surface area contributed by atoms with E-state index in [0.717, 1.165) is 5.92 Å². The zero-order chi connectivity index (χ0) is 22.9. The van der Waals surface area contributed by atoms with Gasteiger partial charge in [-0.1, -0.05) is 81.6 Å². The maximum Gasteiger partial charge on any atom is 0.213 e. The number of nitrogens with zero attached hydrogens (tertiary/aromatic N) is 1. The molecule has 0 N–H and O–H groups in total. The zero-order valence-electron chi connectivity index (χ0n) is 20.6. The van der Waals surface area contributed by atoms with E-state index in [0.29, 0.717) is 5.92 Å². The lowest BCUT2D eigenvalue weighted by Crippen LogP contribution is -2.32. The van der Waals surface area contributed by atoms with Gasteiger partial charge in [0.05, 0.1) is 0 Å². The number of benzene rings is 3. The molecule has 0 bridgehead atoms. The maximum absolute atomic E-state index is 2.45. The summed E-state index contributed by atoms with van der Waals surface area (Å²) in [7, 11) is 2.17. The van der Waals surface area contributed by atoms with Crippen LogP contribution in [0.25, 0.3) is 33.2 Å². The van der Waals surface area contributed by atoms with Crippen molar-refractivity contribution in [1.29, 1.82) is 0 Å². The van der Waals surface area contributed by atoms with Crippen molar-refractivity contribution in [3.05, 3.63) is 89.6 Å². The van der Waals surface area contributed by atoms with E-state index in [2.05, 4.69) is 105 Å². The molecular weight excluding hydrogens is 398 g/mol. The van der Waals surface area contributed by atoms with E-state index in [-0.39, 0.29) is 0 Å². The second kappa shape index (κ2) is 9.14. The number of hydrogen-bond donors (Lipinski definition) is 0. The highest BCUT2D eigenvalue weighted by atomic mass is 14.9. The van der Waals surface area contributed by atoms with E-state index in [1.54, 1.807) is 0 Å². The molecule has 1 aliphatic rings. The van der Waals surface area contributed by atoms with Gasteiger partial charge in [0.25, 0.3) is 0 Å². The molecule has 33 heavy (non-hydrogen) atoms. The van der Waals surface area contributed by atoms with Gasteiger partial charge < -0.3 is 0 Å². The Kier molecular flexibility index (Phi) is 6.06. The van der Waals surface area contributed by atoms with Crippen molar-refractivity contribution in [3.8, 4) is 22.4 Å². The van der Waals surface area contributed by atoms with Gasteiger partial charge in [0.1, 0.15) is 7.05 Å². The molecule has 0 unspecified atom stereocenters. The van der Waals surface area contributed by atoms with Gasteiger partial charge in [0.15, 0.2) is 6.20 Å². The van der Waals surface area contributed by atoms with E-state index in [1.165, 1.54) is 82.0 Å². The molecule has 1 fully saturated rings. The minimum Gasteiger partial charge on any atom is -0.201 e. The van der Waals surface area contributed by atoms with Crippen molar-refractivity contribution < 1.29 is 4.57 Å². The summed E-state index contributed by atoms with van der Waals surface area (Å²) in [6, 6.07) is 25.3. The summed E-state index contributed by atoms with van der Waals surface area (Å²) in [4.78, 5) is 0. The average Bonchev–Trinajstić information content (AvgIpc) is 2.84. The van der Waals surface area contributed by atoms with Gasteiger partial charge in [-0.05, 0) is 76.8 Å². The van der Waals surface area contributed by atoms with Gasteiger partial charge in [-0.3, -0.25) is 0 Å². The standard InChI is InChI=1S/C32H36N/c1-22(2)31-21-33(4)32(29-13-9-8-10-23(29)3)20-30(31)28-17-16-26-18-25(14-15-27(26)19-28)24-11-6-5-7-12-24/h8-10,13-22,24H,5-7,11-12H2,1-4H3/q+1. The van der Waals surface area contributed by atoms with Crippen LogP contribution in [0.5, 0.6) is 0 Å². The molecule has 1 aliphatic carbocycles. The average molecular weight is 435 g/mol. The van der Waals surface area contributed by atoms with E-state index < -0.39 is 0 Å². The third kappa shape index (κ3) is 4.34. The summed E-state index contributed by atoms with van der Waals surface area (Å²) in [6.45, 7) is 6.79. The first kappa shape index (κ1) is 21.9. The number of pyridine rings is 1. The molecule has 0 saturated heterocycles. The highest BCUT2D eigenvalue weighted by Crippen LogP contribution is 2.36. The Hall–Kier alpha value is -2.93. The second-order valence-electron chi connectivity index (χ2n) is 10.3. The van der Waals surface area contributed by atoms with Crippen LogP contribution in [0, 0.1) is 6.92 Å². The van der Waals surface area contributed by atoms with E-state index >= 15 is 0 Å². The van der Waals surface area contributed by atoms with Crippen molar-refractivity contribution in [1.82, 2.24) is 0 Å². The van der Waals surface area contributed by atoms with Crippen LogP contribution in [0.15, 0.2) is 72.9 Å². The fraction of sp³-hybridized carbons (Fsp3) is 0.344. The molecule has 1 aromatic heterocycles. The number of hydrogen-bond acceptors (Lipinski definition) is 0. The second-order valence-corrected chi connectivity index (χ2v) is 10.3. The Morgan fingerprint density at radius 2 is 1.52 bits per heavy atom. The fourth-order valence-electron chi connectivity index (χ4n) is 5.63. The third-order valence-corrected chi connectivity index (χ3v) is 7.60. The Morgan fingerprint density at radius 1 is 0.788 bits per heavy atom. The van der Waals surface area contributed by atoms with Crippen LogP contribution in [0.2, 0.25) is 0 Å². The van der Waals surface area contributed by atoms with Gasteiger partial charge in [-0.25, -0.2) is 4.57 Å². The maximum atomic E-state index is 2.45. The number of aromatic nitrogens is 1. The largest absolute Gasteiger partial charge is 0.213 e. The SMILES string of the molecule is Cc1ccccc1-c1cc(-c2ccc3cc(C4CCCCC4)ccc3c2)c(C(C)C)c[n+]1C. The molecule has 0 spiro atoms. The molecule has 0 amide bonds. The summed E-state index contributed by atoms with van der Waals surface area (Å²) >= 11 is 0. The number of aryl methyl sites for hydroxylation is 2. The van der Waals surface area contributed by atoms with E-state index in [9.17, 15) is 0 Å². The summed E-state index contributed by atoms with van der Waals surface area (Å²) in [6.07, 6.45) is 9.21. The van der Waals surface area contributed by atoms with Crippen LogP contribution in [0.4, 0.5) is 0 Å². The number of rotatable bonds is 4. The van der Waals surface area contributed by atoms with Gasteiger partial charge in [0, 0.05) is 17.2 Å². The fourth-order valence-corrected chi connectivity index (χ4v) is 5.63. The molecule has 168 valence electrons. The van der Waals surface area contributed by atoms with Gasteiger partial charge in [-0.2, -0.15) is 0 Å². The molecule has 1 saturated carbocycles. The van der Waals surface area contributed by atoms with Gasteiger partial charge in [0.2, 0.25) is 5.69 Å². The van der Waals surface area contributed by atoms with Gasteiger partial charge in [-0.15, -0.1) is 0 Å². The van der Waals surface area contributed by atoms with Crippen molar-refractivity contribution in [2.24, 2.45) is 7.05 Å². The minimum atomic E-state index is 0.460. The van der Waals surface area contributed by atoms with Crippen molar-refractivity contribution in [2.45, 2.75) is 64.7 Å². The highest BCUT2D eigenvalue weighted by Gasteiger charge is 2.20. The predicted octanol–water partition coefficient (Wildman–Crippen LogP) is 8.48. The lowest BCUT2D eigenvalue weighted by Gasteiger charge is -2.22. The molecule has 3 aromatic carbocycles. The first-order valence-corrected chi connectivity index (χ1v) is 12.6. The smallest absolute Gasteiger partial charge is 0.201 e. The third-order valence-electron chi connectivity index (χ3n) is 7.60. The Morgan fingerprint density at radius 3 is 2.27 bits per heavy atom. The van der Waals surface area contributed by atoms with Crippen LogP contribution in [0.1, 0.15) is 74.5 Å². The molecule has 1 heterocycles. The Balaban J connectivity index is 1.60. The lowest BCUT2D eigenvalue weighted by atomic mass is 9.83. The summed E-state index contributed by atoms with van der Waals surface area (Å²) in [5, 5.41) is 2.71. The molecule has 1 heteroatoms. The molecule has 4 aromatic rings. The van der Waals surface area contributed by atoms with Crippen molar-refractivity contribution in [3.63, 3.8) is 0 Å². The quantitative estimate of drug-likeness (QED) is 0.284. The van der Waals surface area contributed by atoms with Crippen molar-refractivity contribution in [2.75, 3.05) is 0 Å². The van der Waals surface area contributed by atoms with Crippen molar-refractivity contribution >= 4 is 10.8 Å². The monoisotopic (exact) mass is 434 g/mol.